The zero-order chi connectivity index (χ0) is 21.1. The molecule has 0 N–H and O–H groups in total. The van der Waals surface area contributed by atoms with Crippen LogP contribution in [-0.2, 0) is 33.3 Å². The normalized spacial score (nSPS) is 28.3. The minimum absolute atomic E-state index is 0.194. The van der Waals surface area contributed by atoms with E-state index >= 15 is 0 Å². The first-order valence-corrected chi connectivity index (χ1v) is 9.84. The highest BCUT2D eigenvalue weighted by molar-refractivity contribution is 7.99. The van der Waals surface area contributed by atoms with Crippen molar-refractivity contribution in [1.29, 1.82) is 0 Å². The fourth-order valence-electron chi connectivity index (χ4n) is 3.33. The predicted molar refractivity (Wildman–Crippen MR) is 99.7 cm³/mol. The summed E-state index contributed by atoms with van der Waals surface area (Å²) in [7, 11) is 0. The fraction of sp³-hybridized carbons (Fsp3) is 0.474. The van der Waals surface area contributed by atoms with E-state index in [1.807, 2.05) is 30.3 Å². The number of thioether (sulfide) groups is 1. The van der Waals surface area contributed by atoms with Gasteiger partial charge >= 0.3 is 18.0 Å². The highest BCUT2D eigenvalue weighted by Gasteiger charge is 2.59. The second-order valence-electron chi connectivity index (χ2n) is 6.58. The molecule has 2 heterocycles. The van der Waals surface area contributed by atoms with Crippen LogP contribution in [0, 0.1) is 0 Å². The summed E-state index contributed by atoms with van der Waals surface area (Å²) in [6, 6.07) is 8.46. The van der Waals surface area contributed by atoms with Crippen LogP contribution in [0.4, 0.5) is 4.79 Å². The molecule has 2 aliphatic rings. The fourth-order valence-corrected chi connectivity index (χ4v) is 4.53. The standard InChI is InChI=1S/C19H21NO8S/c1-10(21)20-15-17(28-19(20)24)16(26-12(3)23)14(9-25-11(2)22)27-18(15)29-13-7-5-4-6-8-13/h4-8,14-18H,9H2,1-3H3/t14-,15-,16-,17-,18+/m1/s1. The number of esters is 2. The van der Waals surface area contributed by atoms with E-state index in [1.54, 1.807) is 0 Å². The topological polar surface area (TPSA) is 108 Å². The van der Waals surface area contributed by atoms with Gasteiger partial charge in [-0.3, -0.25) is 14.4 Å². The number of carbonyl (C=O) groups excluding carboxylic acids is 4. The molecule has 29 heavy (non-hydrogen) atoms. The van der Waals surface area contributed by atoms with E-state index in [4.69, 9.17) is 18.9 Å². The maximum atomic E-state index is 12.4. The molecule has 2 saturated heterocycles. The summed E-state index contributed by atoms with van der Waals surface area (Å²) in [6.45, 7) is 3.51. The monoisotopic (exact) mass is 423 g/mol. The lowest BCUT2D eigenvalue weighted by Gasteiger charge is -2.42. The number of ether oxygens (including phenoxy) is 4. The summed E-state index contributed by atoms with van der Waals surface area (Å²) >= 11 is 1.29. The van der Waals surface area contributed by atoms with Crippen LogP contribution in [0.5, 0.6) is 0 Å². The molecule has 5 atom stereocenters. The lowest BCUT2D eigenvalue weighted by Crippen LogP contribution is -2.61. The lowest BCUT2D eigenvalue weighted by atomic mass is 9.97. The van der Waals surface area contributed by atoms with Crippen molar-refractivity contribution in [3.8, 4) is 0 Å². The second-order valence-corrected chi connectivity index (χ2v) is 7.75. The highest BCUT2D eigenvalue weighted by atomic mass is 32.2. The number of benzene rings is 1. The van der Waals surface area contributed by atoms with Crippen LogP contribution < -0.4 is 0 Å². The molecule has 2 fully saturated rings. The summed E-state index contributed by atoms with van der Waals surface area (Å²) in [5.74, 6) is -1.65. The molecule has 0 aromatic heterocycles. The molecular formula is C19H21NO8S. The number of rotatable bonds is 5. The Balaban J connectivity index is 1.95. The summed E-state index contributed by atoms with van der Waals surface area (Å²) in [5, 5.41) is 0. The molecule has 2 amide bonds. The van der Waals surface area contributed by atoms with Gasteiger partial charge in [0.2, 0.25) is 5.91 Å². The van der Waals surface area contributed by atoms with E-state index in [0.717, 1.165) is 9.80 Å². The minimum Gasteiger partial charge on any atom is -0.463 e. The minimum atomic E-state index is -1.03. The van der Waals surface area contributed by atoms with E-state index in [2.05, 4.69) is 0 Å². The molecule has 156 valence electrons. The largest absolute Gasteiger partial charge is 0.463 e. The van der Waals surface area contributed by atoms with E-state index in [9.17, 15) is 19.2 Å². The van der Waals surface area contributed by atoms with Crippen LogP contribution in [0.2, 0.25) is 0 Å². The summed E-state index contributed by atoms with van der Waals surface area (Å²) < 4.78 is 21.9. The number of amides is 2. The smallest absolute Gasteiger partial charge is 0.417 e. The van der Waals surface area contributed by atoms with Crippen molar-refractivity contribution in [3.63, 3.8) is 0 Å². The van der Waals surface area contributed by atoms with Gasteiger partial charge in [0.15, 0.2) is 12.2 Å². The molecular weight excluding hydrogens is 402 g/mol. The third-order valence-electron chi connectivity index (χ3n) is 4.43. The van der Waals surface area contributed by atoms with Crippen LogP contribution in [0.15, 0.2) is 35.2 Å². The molecule has 1 aromatic rings. The van der Waals surface area contributed by atoms with Crippen molar-refractivity contribution in [2.24, 2.45) is 0 Å². The van der Waals surface area contributed by atoms with Crippen LogP contribution >= 0.6 is 11.8 Å². The van der Waals surface area contributed by atoms with Gasteiger partial charge in [0.05, 0.1) is 0 Å². The quantitative estimate of drug-likeness (QED) is 0.517. The zero-order valence-electron chi connectivity index (χ0n) is 16.1. The van der Waals surface area contributed by atoms with Gasteiger partial charge in [0.25, 0.3) is 0 Å². The first-order valence-electron chi connectivity index (χ1n) is 8.96. The Morgan fingerprint density at radius 2 is 1.79 bits per heavy atom. The molecule has 0 aliphatic carbocycles. The molecule has 10 heteroatoms. The van der Waals surface area contributed by atoms with Crippen LogP contribution in [0.1, 0.15) is 20.8 Å². The highest BCUT2D eigenvalue weighted by Crippen LogP contribution is 2.41. The summed E-state index contributed by atoms with van der Waals surface area (Å²) in [4.78, 5) is 49.2. The van der Waals surface area contributed by atoms with Crippen LogP contribution in [0.25, 0.3) is 0 Å². The van der Waals surface area contributed by atoms with E-state index in [0.29, 0.717) is 0 Å². The van der Waals surface area contributed by atoms with E-state index in [1.165, 1.54) is 32.5 Å². The van der Waals surface area contributed by atoms with Crippen molar-refractivity contribution in [3.05, 3.63) is 30.3 Å². The van der Waals surface area contributed by atoms with Crippen molar-refractivity contribution in [1.82, 2.24) is 4.90 Å². The Kier molecular flexibility index (Phi) is 6.43. The maximum absolute atomic E-state index is 12.4. The molecule has 9 nitrogen and oxygen atoms in total. The van der Waals surface area contributed by atoms with Gasteiger partial charge in [-0.2, -0.15) is 0 Å². The number of carbonyl (C=O) groups is 4. The Morgan fingerprint density at radius 3 is 2.38 bits per heavy atom. The van der Waals surface area contributed by atoms with E-state index in [-0.39, 0.29) is 6.61 Å². The van der Waals surface area contributed by atoms with Crippen molar-refractivity contribution < 1.29 is 38.1 Å². The lowest BCUT2D eigenvalue weighted by molar-refractivity contribution is -0.196. The van der Waals surface area contributed by atoms with Gasteiger partial charge in [-0.05, 0) is 12.1 Å². The van der Waals surface area contributed by atoms with Gasteiger partial charge < -0.3 is 18.9 Å². The van der Waals surface area contributed by atoms with Gasteiger partial charge in [-0.1, -0.05) is 30.0 Å². The zero-order valence-corrected chi connectivity index (χ0v) is 16.9. The van der Waals surface area contributed by atoms with Crippen molar-refractivity contribution >= 4 is 35.7 Å². The molecule has 0 spiro atoms. The number of hydrogen-bond acceptors (Lipinski definition) is 9. The molecule has 0 saturated carbocycles. The second kappa shape index (κ2) is 8.83. The number of imide groups is 1. The number of nitrogens with zero attached hydrogens (tertiary/aromatic N) is 1. The first kappa shape index (κ1) is 21.1. The third kappa shape index (κ3) is 4.70. The molecule has 0 radical (unpaired) electrons. The molecule has 0 bridgehead atoms. The molecule has 1 aromatic carbocycles. The molecule has 2 aliphatic heterocycles. The number of fused-ring (bicyclic) bond motifs is 1. The average molecular weight is 423 g/mol. The van der Waals surface area contributed by atoms with Gasteiger partial charge in [0, 0.05) is 25.7 Å². The Morgan fingerprint density at radius 1 is 1.10 bits per heavy atom. The SMILES string of the molecule is CC(=O)OC[C@H]1O[C@@H](Sc2ccccc2)[C@H]2[C@@H](OC(=O)N2C(C)=O)[C@@H]1OC(C)=O. The van der Waals surface area contributed by atoms with Crippen molar-refractivity contribution in [2.75, 3.05) is 6.61 Å². The number of hydrogen-bond donors (Lipinski definition) is 0. The molecule has 3 rings (SSSR count). The molecule has 0 unspecified atom stereocenters. The average Bonchev–Trinajstić information content (AvgIpc) is 3.00. The Labute approximate surface area is 171 Å². The Bertz CT molecular complexity index is 801. The van der Waals surface area contributed by atoms with Crippen molar-refractivity contribution in [2.45, 2.75) is 55.5 Å². The van der Waals surface area contributed by atoms with Gasteiger partial charge in [0.1, 0.15) is 24.2 Å². The van der Waals surface area contributed by atoms with Gasteiger partial charge in [-0.15, -0.1) is 0 Å². The van der Waals surface area contributed by atoms with Crippen LogP contribution in [0.3, 0.4) is 0 Å². The Hall–Kier alpha value is -2.59. The van der Waals surface area contributed by atoms with Gasteiger partial charge in [-0.25, -0.2) is 9.69 Å². The maximum Gasteiger partial charge on any atom is 0.417 e. The summed E-state index contributed by atoms with van der Waals surface area (Å²) in [6.07, 6.45) is -3.69. The van der Waals surface area contributed by atoms with E-state index < -0.39 is 53.7 Å². The van der Waals surface area contributed by atoms with Crippen LogP contribution in [-0.4, -0.2) is 65.2 Å². The third-order valence-corrected chi connectivity index (χ3v) is 5.60. The predicted octanol–water partition coefficient (Wildman–Crippen LogP) is 1.73. The summed E-state index contributed by atoms with van der Waals surface area (Å²) in [5.41, 5.74) is -0.717. The first-order chi connectivity index (χ1) is 13.8.